The summed E-state index contributed by atoms with van der Waals surface area (Å²) in [6.45, 7) is 2.63. The minimum absolute atomic E-state index is 0.0225. The Balaban J connectivity index is 1.10. The Morgan fingerprint density at radius 3 is 2.37 bits per heavy atom. The van der Waals surface area contributed by atoms with Crippen molar-refractivity contribution < 1.29 is 18.7 Å². The third kappa shape index (κ3) is 5.78. The number of aromatic nitrogens is 4. The molecular weight excluding hydrogens is 549 g/mol. The van der Waals surface area contributed by atoms with Gasteiger partial charge in [0.1, 0.15) is 6.17 Å². The number of aryl methyl sites for hydroxylation is 2. The Hall–Kier alpha value is -3.05. The molecule has 2 aliphatic heterocycles. The number of nitrogens with one attached hydrogen (secondary N) is 2. The fraction of sp³-hybridized carbons (Fsp3) is 0.688. The standard InChI is InChI=1S/C32H44FN7O3/c33-25-17-23-29-31(28(25)36-7-3-11-38-13-9-34-19-38)43-27-16-22-6-2-1-5-21(22)15-26(27)40(29)18-24(30(23)41)32(42)37-8-4-12-39-14-10-35-20-39/h9-10,13-14,18-23,25-29,31,36H,1-8,11-12,15-17H2,(H,37,42). The van der Waals surface area contributed by atoms with Crippen LogP contribution >= 0.6 is 0 Å². The number of alkyl halides is 1. The summed E-state index contributed by atoms with van der Waals surface area (Å²) in [5.74, 6) is 0.103. The predicted molar refractivity (Wildman–Crippen MR) is 157 cm³/mol. The van der Waals surface area contributed by atoms with Gasteiger partial charge in [0.15, 0.2) is 5.78 Å². The number of imidazole rings is 2. The maximum absolute atomic E-state index is 16.0. The van der Waals surface area contributed by atoms with Crippen molar-refractivity contribution in [3.63, 3.8) is 0 Å². The third-order valence-corrected chi connectivity index (χ3v) is 10.7. The predicted octanol–water partition coefficient (Wildman–Crippen LogP) is 2.87. The van der Waals surface area contributed by atoms with E-state index in [4.69, 9.17) is 4.74 Å². The molecule has 0 bridgehead atoms. The van der Waals surface area contributed by atoms with Crippen molar-refractivity contribution >= 4 is 11.7 Å². The van der Waals surface area contributed by atoms with Crippen molar-refractivity contribution in [3.8, 4) is 0 Å². The highest BCUT2D eigenvalue weighted by Crippen LogP contribution is 2.50. The number of fused-ring (bicyclic) bond motifs is 3. The first-order valence-corrected chi connectivity index (χ1v) is 16.3. The zero-order chi connectivity index (χ0) is 29.3. The number of ether oxygens (including phenoxy) is 1. The molecule has 232 valence electrons. The van der Waals surface area contributed by atoms with Crippen molar-refractivity contribution in [2.75, 3.05) is 13.1 Å². The largest absolute Gasteiger partial charge is 0.369 e. The molecule has 0 radical (unpaired) electrons. The van der Waals surface area contributed by atoms with Crippen molar-refractivity contribution in [2.24, 2.45) is 17.8 Å². The molecule has 4 heterocycles. The van der Waals surface area contributed by atoms with Crippen LogP contribution in [0.2, 0.25) is 0 Å². The molecule has 9 unspecified atom stereocenters. The van der Waals surface area contributed by atoms with E-state index in [1.54, 1.807) is 25.0 Å². The minimum atomic E-state index is -1.23. The quantitative estimate of drug-likeness (QED) is 0.322. The molecule has 5 aliphatic rings. The molecule has 7 rings (SSSR count). The van der Waals surface area contributed by atoms with Gasteiger partial charge in [0.25, 0.3) is 5.91 Å². The van der Waals surface area contributed by atoms with Crippen LogP contribution in [0.4, 0.5) is 4.39 Å². The van der Waals surface area contributed by atoms with Crippen molar-refractivity contribution in [2.45, 2.75) is 107 Å². The number of nitrogens with zero attached hydrogens (tertiary/aromatic N) is 5. The van der Waals surface area contributed by atoms with Gasteiger partial charge in [0, 0.05) is 56.5 Å². The number of hydrogen-bond donors (Lipinski definition) is 2. The van der Waals surface area contributed by atoms with Crippen LogP contribution in [-0.2, 0) is 27.4 Å². The molecule has 0 spiro atoms. The number of Topliss-reactive ketones (excluding diaryl/α,β-unsaturated/α-hetero) is 1. The van der Waals surface area contributed by atoms with Crippen LogP contribution in [0.1, 0.15) is 57.8 Å². The lowest BCUT2D eigenvalue weighted by molar-refractivity contribution is -0.208. The number of amides is 1. The van der Waals surface area contributed by atoms with Crippen LogP contribution in [0.25, 0.3) is 0 Å². The molecule has 43 heavy (non-hydrogen) atoms. The summed E-state index contributed by atoms with van der Waals surface area (Å²) in [6.07, 6.45) is 19.6. The van der Waals surface area contributed by atoms with Crippen molar-refractivity contribution in [1.82, 2.24) is 34.6 Å². The smallest absolute Gasteiger partial charge is 0.256 e. The summed E-state index contributed by atoms with van der Waals surface area (Å²) in [5, 5.41) is 6.46. The third-order valence-electron chi connectivity index (χ3n) is 10.7. The van der Waals surface area contributed by atoms with Gasteiger partial charge in [-0.1, -0.05) is 25.7 Å². The Morgan fingerprint density at radius 2 is 1.67 bits per heavy atom. The van der Waals surface area contributed by atoms with Gasteiger partial charge in [-0.05, 0) is 50.5 Å². The fourth-order valence-electron chi connectivity index (χ4n) is 8.62. The van der Waals surface area contributed by atoms with Gasteiger partial charge in [-0.2, -0.15) is 0 Å². The average Bonchev–Trinajstić information content (AvgIpc) is 3.74. The highest BCUT2D eigenvalue weighted by Gasteiger charge is 2.59. The normalized spacial score (nSPS) is 35.0. The van der Waals surface area contributed by atoms with E-state index in [9.17, 15) is 9.59 Å². The van der Waals surface area contributed by atoms with Gasteiger partial charge in [0.05, 0.1) is 48.6 Å². The maximum atomic E-state index is 16.0. The van der Waals surface area contributed by atoms with Crippen LogP contribution in [0.3, 0.4) is 0 Å². The fourth-order valence-corrected chi connectivity index (χ4v) is 8.62. The van der Waals surface area contributed by atoms with Gasteiger partial charge in [0.2, 0.25) is 0 Å². The van der Waals surface area contributed by atoms with E-state index in [1.807, 2.05) is 27.7 Å². The molecule has 1 amide bonds. The molecule has 0 aromatic carbocycles. The molecule has 4 fully saturated rings. The molecule has 3 aliphatic carbocycles. The Labute approximate surface area is 252 Å². The molecule has 2 aromatic heterocycles. The second-order valence-electron chi connectivity index (χ2n) is 13.2. The summed E-state index contributed by atoms with van der Waals surface area (Å²) < 4.78 is 26.9. The summed E-state index contributed by atoms with van der Waals surface area (Å²) in [5.41, 5.74) is 0.174. The van der Waals surface area contributed by atoms with Crippen molar-refractivity contribution in [1.29, 1.82) is 0 Å². The molecule has 3 saturated carbocycles. The number of rotatable bonds is 10. The molecule has 1 saturated heterocycles. The summed E-state index contributed by atoms with van der Waals surface area (Å²) in [6, 6.07) is -0.639. The van der Waals surface area contributed by atoms with Crippen LogP contribution in [0.15, 0.2) is 49.2 Å². The number of ketones is 1. The Morgan fingerprint density at radius 1 is 0.977 bits per heavy atom. The lowest BCUT2D eigenvalue weighted by atomic mass is 9.65. The first kappa shape index (κ1) is 28.7. The molecule has 2 aromatic rings. The van der Waals surface area contributed by atoms with E-state index >= 15 is 4.39 Å². The lowest BCUT2D eigenvalue weighted by Gasteiger charge is -2.61. The number of halogens is 1. The minimum Gasteiger partial charge on any atom is -0.369 e. The summed E-state index contributed by atoms with van der Waals surface area (Å²) in [7, 11) is 0. The van der Waals surface area contributed by atoms with Gasteiger partial charge in [-0.25, -0.2) is 14.4 Å². The number of hydrogen-bond acceptors (Lipinski definition) is 7. The van der Waals surface area contributed by atoms with Gasteiger partial charge >= 0.3 is 0 Å². The zero-order valence-corrected chi connectivity index (χ0v) is 24.8. The second kappa shape index (κ2) is 12.5. The van der Waals surface area contributed by atoms with Crippen LogP contribution in [0, 0.1) is 17.8 Å². The molecule has 11 heteroatoms. The van der Waals surface area contributed by atoms with Crippen LogP contribution in [-0.4, -0.2) is 85.3 Å². The van der Waals surface area contributed by atoms with E-state index in [1.165, 1.54) is 25.7 Å². The maximum Gasteiger partial charge on any atom is 0.256 e. The van der Waals surface area contributed by atoms with Gasteiger partial charge < -0.3 is 29.4 Å². The molecular formula is C32H44FN7O3. The summed E-state index contributed by atoms with van der Waals surface area (Å²) in [4.78, 5) is 37.7. The van der Waals surface area contributed by atoms with E-state index in [-0.39, 0.29) is 41.9 Å². The average molecular weight is 594 g/mol. The first-order valence-electron chi connectivity index (χ1n) is 16.3. The first-order chi connectivity index (χ1) is 21.1. The highest BCUT2D eigenvalue weighted by atomic mass is 19.1. The monoisotopic (exact) mass is 593 g/mol. The Kier molecular flexibility index (Phi) is 8.35. The van der Waals surface area contributed by atoms with Gasteiger partial charge in [-0.3, -0.25) is 9.59 Å². The highest BCUT2D eigenvalue weighted by molar-refractivity contribution is 6.20. The number of carbonyl (C=O) groups is 2. The van der Waals surface area contributed by atoms with E-state index in [0.29, 0.717) is 24.9 Å². The zero-order valence-electron chi connectivity index (χ0n) is 24.8. The van der Waals surface area contributed by atoms with Crippen LogP contribution in [0.5, 0.6) is 0 Å². The Bertz CT molecular complexity index is 1280. The van der Waals surface area contributed by atoms with Crippen molar-refractivity contribution in [3.05, 3.63) is 49.2 Å². The topological polar surface area (TPSA) is 106 Å². The SMILES string of the molecule is O=C(NCCCn1ccnc1)C1=CN2C3CC4CCCCC4CC3OC3C(NCCCn4ccnc4)C(F)CC(C1=O)C32. The second-order valence-corrected chi connectivity index (χ2v) is 13.2. The van der Waals surface area contributed by atoms with E-state index in [2.05, 4.69) is 25.5 Å². The van der Waals surface area contributed by atoms with Gasteiger partial charge in [-0.15, -0.1) is 0 Å². The molecule has 2 N–H and O–H groups in total. The summed E-state index contributed by atoms with van der Waals surface area (Å²) >= 11 is 0. The van der Waals surface area contributed by atoms with Crippen LogP contribution < -0.4 is 10.6 Å². The number of morpholine rings is 1. The number of carbonyl (C=O) groups excluding carboxylic acids is 2. The molecule has 10 nitrogen and oxygen atoms in total. The van der Waals surface area contributed by atoms with E-state index < -0.39 is 24.2 Å². The lowest BCUT2D eigenvalue weighted by Crippen LogP contribution is -2.73. The van der Waals surface area contributed by atoms with E-state index in [0.717, 1.165) is 38.8 Å². The molecule has 9 atom stereocenters.